The second kappa shape index (κ2) is 6.79. The number of carboxylic acids is 1. The zero-order valence-corrected chi connectivity index (χ0v) is 12.9. The standard InChI is InChI=1S/C17H17N3O3/c1-11(2)19-17(23)12(8-18)7-13-9-20(10-16(21)22)15-6-4-3-5-14(13)15/h3-7,9,11H,10H2,1-2H3,(H,19,23)(H,21,22). The van der Waals surface area contributed by atoms with Gasteiger partial charge in [-0.1, -0.05) is 18.2 Å². The molecular weight excluding hydrogens is 294 g/mol. The maximum atomic E-state index is 12.0. The number of carboxylic acid groups (broad SMARTS) is 1. The summed E-state index contributed by atoms with van der Waals surface area (Å²) in [7, 11) is 0. The van der Waals surface area contributed by atoms with Gasteiger partial charge in [0.15, 0.2) is 0 Å². The first kappa shape index (κ1) is 16.3. The number of carbonyl (C=O) groups excluding carboxylic acids is 1. The molecule has 0 saturated carbocycles. The molecule has 0 aliphatic carbocycles. The molecule has 0 atom stereocenters. The molecule has 0 radical (unpaired) electrons. The molecule has 0 aliphatic rings. The summed E-state index contributed by atoms with van der Waals surface area (Å²) in [6, 6.07) is 9.08. The van der Waals surface area contributed by atoms with Gasteiger partial charge in [-0.25, -0.2) is 0 Å². The number of aromatic nitrogens is 1. The molecule has 1 aromatic heterocycles. The van der Waals surface area contributed by atoms with Crippen LogP contribution in [0.15, 0.2) is 36.0 Å². The van der Waals surface area contributed by atoms with Gasteiger partial charge in [-0.05, 0) is 26.0 Å². The maximum absolute atomic E-state index is 12.0. The fraction of sp³-hybridized carbons (Fsp3) is 0.235. The first-order chi connectivity index (χ1) is 10.9. The van der Waals surface area contributed by atoms with Gasteiger partial charge in [0.05, 0.1) is 0 Å². The van der Waals surface area contributed by atoms with Gasteiger partial charge in [0.2, 0.25) is 0 Å². The second-order valence-corrected chi connectivity index (χ2v) is 5.42. The largest absolute Gasteiger partial charge is 0.480 e. The highest BCUT2D eigenvalue weighted by Gasteiger charge is 2.13. The van der Waals surface area contributed by atoms with Crippen LogP contribution in [-0.4, -0.2) is 27.6 Å². The van der Waals surface area contributed by atoms with Crippen LogP contribution in [0.4, 0.5) is 0 Å². The summed E-state index contributed by atoms with van der Waals surface area (Å²) in [5, 5.41) is 21.7. The Labute approximate surface area is 133 Å². The van der Waals surface area contributed by atoms with Crippen molar-refractivity contribution in [2.45, 2.75) is 26.4 Å². The Hall–Kier alpha value is -3.07. The van der Waals surface area contributed by atoms with Crippen LogP contribution < -0.4 is 5.32 Å². The third-order valence-corrected chi connectivity index (χ3v) is 3.21. The third-order valence-electron chi connectivity index (χ3n) is 3.21. The van der Waals surface area contributed by atoms with E-state index in [2.05, 4.69) is 5.32 Å². The van der Waals surface area contributed by atoms with E-state index in [0.717, 1.165) is 10.9 Å². The summed E-state index contributed by atoms with van der Waals surface area (Å²) in [5.41, 5.74) is 1.36. The van der Waals surface area contributed by atoms with Gasteiger partial charge in [0.25, 0.3) is 5.91 Å². The van der Waals surface area contributed by atoms with Crippen molar-refractivity contribution in [2.24, 2.45) is 0 Å². The van der Waals surface area contributed by atoms with Crippen LogP contribution in [-0.2, 0) is 16.1 Å². The fourth-order valence-corrected chi connectivity index (χ4v) is 2.31. The normalized spacial score (nSPS) is 11.5. The van der Waals surface area contributed by atoms with Crippen LogP contribution in [0.3, 0.4) is 0 Å². The van der Waals surface area contributed by atoms with Gasteiger partial charge in [0.1, 0.15) is 18.2 Å². The molecule has 0 spiro atoms. The minimum atomic E-state index is -0.959. The highest BCUT2D eigenvalue weighted by Crippen LogP contribution is 2.23. The number of amides is 1. The number of carbonyl (C=O) groups is 2. The van der Waals surface area contributed by atoms with E-state index in [0.29, 0.717) is 5.56 Å². The van der Waals surface area contributed by atoms with Crippen LogP contribution in [0, 0.1) is 11.3 Å². The quantitative estimate of drug-likeness (QED) is 0.653. The summed E-state index contributed by atoms with van der Waals surface area (Å²) < 4.78 is 1.58. The Morgan fingerprint density at radius 2 is 2.09 bits per heavy atom. The molecule has 0 fully saturated rings. The van der Waals surface area contributed by atoms with Gasteiger partial charge >= 0.3 is 5.97 Å². The minimum Gasteiger partial charge on any atom is -0.480 e. The molecule has 1 amide bonds. The monoisotopic (exact) mass is 311 g/mol. The molecule has 1 aromatic carbocycles. The first-order valence-corrected chi connectivity index (χ1v) is 7.14. The molecule has 2 rings (SSSR count). The number of hydrogen-bond donors (Lipinski definition) is 2. The van der Waals surface area contributed by atoms with Crippen LogP contribution in [0.5, 0.6) is 0 Å². The zero-order chi connectivity index (χ0) is 17.0. The van der Waals surface area contributed by atoms with Crippen molar-refractivity contribution in [1.82, 2.24) is 9.88 Å². The lowest BCUT2D eigenvalue weighted by molar-refractivity contribution is -0.137. The van der Waals surface area contributed by atoms with Gasteiger partial charge < -0.3 is 15.0 Å². The lowest BCUT2D eigenvalue weighted by atomic mass is 10.1. The van der Waals surface area contributed by atoms with Crippen molar-refractivity contribution in [3.05, 3.63) is 41.6 Å². The molecule has 1 heterocycles. The van der Waals surface area contributed by atoms with Gasteiger partial charge in [-0.15, -0.1) is 0 Å². The highest BCUT2D eigenvalue weighted by molar-refractivity contribution is 6.04. The van der Waals surface area contributed by atoms with Crippen LogP contribution in [0.2, 0.25) is 0 Å². The molecule has 0 unspecified atom stereocenters. The average molecular weight is 311 g/mol. The number of aliphatic carboxylic acids is 1. The van der Waals surface area contributed by atoms with Gasteiger partial charge in [0, 0.05) is 28.7 Å². The van der Waals surface area contributed by atoms with E-state index in [-0.39, 0.29) is 18.2 Å². The smallest absolute Gasteiger partial charge is 0.323 e. The molecule has 118 valence electrons. The van der Waals surface area contributed by atoms with E-state index in [4.69, 9.17) is 5.11 Å². The Morgan fingerprint density at radius 3 is 2.70 bits per heavy atom. The Bertz CT molecular complexity index is 825. The van der Waals surface area contributed by atoms with E-state index >= 15 is 0 Å². The summed E-state index contributed by atoms with van der Waals surface area (Å²) in [4.78, 5) is 23.0. The van der Waals surface area contributed by atoms with E-state index in [1.807, 2.05) is 38.1 Å². The van der Waals surface area contributed by atoms with Crippen molar-refractivity contribution >= 4 is 28.9 Å². The summed E-state index contributed by atoms with van der Waals surface area (Å²) in [6.45, 7) is 3.44. The van der Waals surface area contributed by atoms with E-state index in [1.165, 1.54) is 6.08 Å². The number of benzene rings is 1. The fourth-order valence-electron chi connectivity index (χ4n) is 2.31. The van der Waals surface area contributed by atoms with Crippen LogP contribution in [0.1, 0.15) is 19.4 Å². The molecule has 23 heavy (non-hydrogen) atoms. The lowest BCUT2D eigenvalue weighted by Crippen LogP contribution is -2.30. The summed E-state index contributed by atoms with van der Waals surface area (Å²) in [5.74, 6) is -1.41. The Kier molecular flexibility index (Phi) is 4.82. The van der Waals surface area contributed by atoms with Crippen molar-refractivity contribution in [1.29, 1.82) is 5.26 Å². The second-order valence-electron chi connectivity index (χ2n) is 5.42. The number of nitrogens with one attached hydrogen (secondary N) is 1. The van der Waals surface area contributed by atoms with Crippen molar-refractivity contribution in [3.8, 4) is 6.07 Å². The average Bonchev–Trinajstić information content (AvgIpc) is 2.81. The molecule has 0 saturated heterocycles. The topological polar surface area (TPSA) is 95.1 Å². The number of rotatable bonds is 5. The van der Waals surface area contributed by atoms with E-state index < -0.39 is 11.9 Å². The molecule has 0 bridgehead atoms. The molecule has 2 aromatic rings. The number of nitrogens with zero attached hydrogens (tertiary/aromatic N) is 2. The Balaban J connectivity index is 2.50. The lowest BCUT2D eigenvalue weighted by Gasteiger charge is -2.06. The minimum absolute atomic E-state index is 0.0167. The number of hydrogen-bond acceptors (Lipinski definition) is 3. The maximum Gasteiger partial charge on any atom is 0.323 e. The van der Waals surface area contributed by atoms with E-state index in [1.54, 1.807) is 16.8 Å². The van der Waals surface area contributed by atoms with Crippen LogP contribution >= 0.6 is 0 Å². The SMILES string of the molecule is CC(C)NC(=O)C(C#N)=Cc1cn(CC(=O)O)c2ccccc12. The molecule has 6 heteroatoms. The molecule has 6 nitrogen and oxygen atoms in total. The van der Waals surface area contributed by atoms with Crippen molar-refractivity contribution in [3.63, 3.8) is 0 Å². The van der Waals surface area contributed by atoms with Gasteiger partial charge in [-0.2, -0.15) is 5.26 Å². The van der Waals surface area contributed by atoms with Crippen molar-refractivity contribution < 1.29 is 14.7 Å². The predicted octanol–water partition coefficient (Wildman–Crippen LogP) is 2.16. The zero-order valence-electron chi connectivity index (χ0n) is 12.9. The van der Waals surface area contributed by atoms with E-state index in [9.17, 15) is 14.9 Å². The molecule has 0 aliphatic heterocycles. The summed E-state index contributed by atoms with van der Waals surface area (Å²) in [6.07, 6.45) is 3.12. The third kappa shape index (κ3) is 3.77. The number of fused-ring (bicyclic) bond motifs is 1. The van der Waals surface area contributed by atoms with Crippen LogP contribution in [0.25, 0.3) is 17.0 Å². The predicted molar refractivity (Wildman–Crippen MR) is 86.4 cm³/mol. The Morgan fingerprint density at radius 1 is 1.39 bits per heavy atom. The summed E-state index contributed by atoms with van der Waals surface area (Å²) >= 11 is 0. The first-order valence-electron chi connectivity index (χ1n) is 7.14. The number of nitriles is 1. The molecular formula is C17H17N3O3. The highest BCUT2D eigenvalue weighted by atomic mass is 16.4. The van der Waals surface area contributed by atoms with Gasteiger partial charge in [-0.3, -0.25) is 9.59 Å². The van der Waals surface area contributed by atoms with Crippen molar-refractivity contribution in [2.75, 3.05) is 0 Å². The number of para-hydroxylation sites is 1. The molecule has 2 N–H and O–H groups in total.